The summed E-state index contributed by atoms with van der Waals surface area (Å²) in [4.78, 5) is -4.52. The van der Waals surface area contributed by atoms with E-state index in [4.69, 9.17) is 0 Å². The number of likely N-dealkylation sites (tertiary alicyclic amines) is 1. The third-order valence-corrected chi connectivity index (χ3v) is 4.56. The fourth-order valence-electron chi connectivity index (χ4n) is 3.07. The minimum atomic E-state index is -8.71. The summed E-state index contributed by atoms with van der Waals surface area (Å²) >= 11 is 0. The van der Waals surface area contributed by atoms with Crippen LogP contribution in [0.25, 0.3) is 0 Å². The Kier molecular flexibility index (Phi) is 4.28. The summed E-state index contributed by atoms with van der Waals surface area (Å²) in [6.45, 7) is 0. The Morgan fingerprint density at radius 2 is 0.667 bits per heavy atom. The molecular weight excluding hydrogens is 495 g/mol. The molecule has 30 heavy (non-hydrogen) atoms. The highest BCUT2D eigenvalue weighted by Gasteiger charge is 3.13. The first kappa shape index (κ1) is 24.9. The van der Waals surface area contributed by atoms with E-state index in [2.05, 4.69) is 0 Å². The SMILES string of the molecule is FC(F)(F)N1C(F)(F)C(F)(F)C2(F)C(F)(F)C(F)(F)C(F)(F)C(F)(F)C2(F)C1(F)F. The fraction of sp³-hybridized carbons (Fsp3) is 1.00. The molecule has 178 valence electrons. The lowest BCUT2D eigenvalue weighted by Crippen LogP contribution is -2.98. The van der Waals surface area contributed by atoms with Crippen LogP contribution in [0.3, 0.4) is 0 Å². The summed E-state index contributed by atoms with van der Waals surface area (Å²) < 4.78 is 255. The Hall–Kier alpha value is -1.37. The van der Waals surface area contributed by atoms with Crippen LogP contribution in [-0.4, -0.2) is 64.2 Å². The van der Waals surface area contributed by atoms with Gasteiger partial charge in [-0.15, -0.1) is 0 Å². The van der Waals surface area contributed by atoms with Crippen molar-refractivity contribution in [3.63, 3.8) is 0 Å². The second-order valence-corrected chi connectivity index (χ2v) is 6.07. The number of rotatable bonds is 0. The zero-order valence-corrected chi connectivity index (χ0v) is 12.6. The highest BCUT2D eigenvalue weighted by molar-refractivity contribution is 5.39. The van der Waals surface area contributed by atoms with E-state index in [1.807, 2.05) is 0 Å². The van der Waals surface area contributed by atoms with Gasteiger partial charge in [0.15, 0.2) is 0 Å². The zero-order valence-electron chi connectivity index (χ0n) is 12.6. The first-order valence-corrected chi connectivity index (χ1v) is 6.51. The lowest BCUT2D eigenvalue weighted by Gasteiger charge is -2.63. The molecule has 2 fully saturated rings. The number of fused-ring (bicyclic) bond motifs is 1. The first-order valence-electron chi connectivity index (χ1n) is 6.51. The minimum absolute atomic E-state index is 4.52. The molecule has 2 aliphatic rings. The summed E-state index contributed by atoms with van der Waals surface area (Å²) in [5, 5.41) is 0. The molecule has 0 radical (unpaired) electrons. The van der Waals surface area contributed by atoms with E-state index in [9.17, 15) is 83.4 Å². The Morgan fingerprint density at radius 3 is 0.967 bits per heavy atom. The highest BCUT2D eigenvalue weighted by Crippen LogP contribution is 2.79. The highest BCUT2D eigenvalue weighted by atomic mass is 19.4. The predicted molar refractivity (Wildman–Crippen MR) is 50.2 cm³/mol. The second kappa shape index (κ2) is 5.16. The molecule has 2 rings (SSSR count). The van der Waals surface area contributed by atoms with Crippen molar-refractivity contribution < 1.29 is 83.4 Å². The van der Waals surface area contributed by atoms with E-state index in [1.165, 1.54) is 0 Å². The van der Waals surface area contributed by atoms with Crippen LogP contribution in [0, 0.1) is 0 Å². The van der Waals surface area contributed by atoms with Gasteiger partial charge in [0, 0.05) is 0 Å². The maximum Gasteiger partial charge on any atom is 0.469 e. The van der Waals surface area contributed by atoms with Gasteiger partial charge >= 0.3 is 53.7 Å². The number of alkyl halides is 19. The van der Waals surface area contributed by atoms with Crippen molar-refractivity contribution in [2.45, 2.75) is 59.3 Å². The van der Waals surface area contributed by atoms with E-state index in [0.717, 1.165) is 0 Å². The minimum Gasteiger partial charge on any atom is -0.226 e. The fourth-order valence-corrected chi connectivity index (χ4v) is 3.07. The van der Waals surface area contributed by atoms with Gasteiger partial charge in [0.25, 0.3) is 5.67 Å². The largest absolute Gasteiger partial charge is 0.469 e. The van der Waals surface area contributed by atoms with Crippen LogP contribution in [0.4, 0.5) is 83.4 Å². The molecule has 0 aromatic carbocycles. The van der Waals surface area contributed by atoms with Gasteiger partial charge < -0.3 is 0 Å². The maximum atomic E-state index is 14.4. The van der Waals surface area contributed by atoms with E-state index in [0.29, 0.717) is 0 Å². The van der Waals surface area contributed by atoms with Crippen molar-refractivity contribution in [2.75, 3.05) is 0 Å². The standard InChI is InChI=1S/C10F19N/c11-1-2(12,4(15,16)7(21,22)6(19,20)3(1,13)14)8(23,24)30(10(27,28)29)9(25,26)5(1,17)18. The summed E-state index contributed by atoms with van der Waals surface area (Å²) in [6.07, 6.45) is -7.82. The van der Waals surface area contributed by atoms with Crippen LogP contribution in [-0.2, 0) is 0 Å². The molecule has 1 aliphatic carbocycles. The van der Waals surface area contributed by atoms with Crippen LogP contribution in [0.1, 0.15) is 0 Å². The molecular formula is C10F19N. The van der Waals surface area contributed by atoms with Gasteiger partial charge in [-0.1, -0.05) is 4.90 Å². The lowest BCUT2D eigenvalue weighted by atomic mass is 9.59. The molecule has 20 heteroatoms. The number of hydrogen-bond donors (Lipinski definition) is 0. The van der Waals surface area contributed by atoms with Gasteiger partial charge in [-0.25, -0.2) is 8.78 Å². The molecule has 1 nitrogen and oxygen atoms in total. The Bertz CT molecular complexity index is 749. The van der Waals surface area contributed by atoms with Crippen LogP contribution < -0.4 is 0 Å². The first-order chi connectivity index (χ1) is 12.6. The molecule has 1 aliphatic heterocycles. The molecule has 0 bridgehead atoms. The van der Waals surface area contributed by atoms with Gasteiger partial charge in [-0.3, -0.25) is 0 Å². The lowest BCUT2D eigenvalue weighted by molar-refractivity contribution is -0.584. The Balaban J connectivity index is 3.23. The third kappa shape index (κ3) is 1.84. The van der Waals surface area contributed by atoms with E-state index in [1.54, 1.807) is 0 Å². The number of hydrogen-bond acceptors (Lipinski definition) is 1. The predicted octanol–water partition coefficient (Wildman–Crippen LogP) is 5.61. The van der Waals surface area contributed by atoms with Crippen molar-refractivity contribution in [3.8, 4) is 0 Å². The molecule has 1 heterocycles. The van der Waals surface area contributed by atoms with Crippen LogP contribution in [0.2, 0.25) is 0 Å². The van der Waals surface area contributed by atoms with Gasteiger partial charge in [-0.2, -0.15) is 74.6 Å². The Labute approximate surface area is 149 Å². The van der Waals surface area contributed by atoms with Gasteiger partial charge in [0.05, 0.1) is 0 Å². The van der Waals surface area contributed by atoms with Gasteiger partial charge in [0.1, 0.15) is 0 Å². The molecule has 1 saturated carbocycles. The molecule has 0 amide bonds. The zero-order chi connectivity index (χ0) is 24.6. The maximum absolute atomic E-state index is 14.4. The van der Waals surface area contributed by atoms with Crippen molar-refractivity contribution in [1.82, 2.24) is 4.90 Å². The molecule has 1 saturated heterocycles. The van der Waals surface area contributed by atoms with Crippen molar-refractivity contribution in [3.05, 3.63) is 0 Å². The van der Waals surface area contributed by atoms with Crippen molar-refractivity contribution >= 4 is 0 Å². The quantitative estimate of drug-likeness (QED) is 0.312. The molecule has 0 aromatic heterocycles. The number of nitrogens with zero attached hydrogens (tertiary/aromatic N) is 1. The molecule has 2 atom stereocenters. The van der Waals surface area contributed by atoms with Crippen LogP contribution >= 0.6 is 0 Å². The van der Waals surface area contributed by atoms with Crippen LogP contribution in [0.15, 0.2) is 0 Å². The third-order valence-electron chi connectivity index (χ3n) is 4.56. The average Bonchev–Trinajstić information content (AvgIpc) is 2.47. The van der Waals surface area contributed by atoms with Crippen LogP contribution in [0.5, 0.6) is 0 Å². The summed E-state index contributed by atoms with van der Waals surface area (Å²) in [5.41, 5.74) is -17.4. The molecule has 0 aromatic rings. The second-order valence-electron chi connectivity index (χ2n) is 6.07. The number of halogens is 19. The van der Waals surface area contributed by atoms with E-state index >= 15 is 0 Å². The monoisotopic (exact) mass is 495 g/mol. The summed E-state index contributed by atoms with van der Waals surface area (Å²) in [5.74, 6) is -42.2. The number of piperidine rings is 1. The topological polar surface area (TPSA) is 3.24 Å². The summed E-state index contributed by atoms with van der Waals surface area (Å²) in [6, 6.07) is -16.6. The van der Waals surface area contributed by atoms with Crippen molar-refractivity contribution in [1.29, 1.82) is 0 Å². The molecule has 0 N–H and O–H groups in total. The van der Waals surface area contributed by atoms with E-state index < -0.39 is 64.2 Å². The summed E-state index contributed by atoms with van der Waals surface area (Å²) in [7, 11) is 0. The van der Waals surface area contributed by atoms with Gasteiger partial charge in [-0.05, 0) is 0 Å². The van der Waals surface area contributed by atoms with Gasteiger partial charge in [0.2, 0.25) is 0 Å². The Morgan fingerprint density at radius 1 is 0.367 bits per heavy atom. The average molecular weight is 495 g/mol. The molecule has 0 spiro atoms. The van der Waals surface area contributed by atoms with Crippen molar-refractivity contribution in [2.24, 2.45) is 0 Å². The smallest absolute Gasteiger partial charge is 0.226 e. The van der Waals surface area contributed by atoms with E-state index in [-0.39, 0.29) is 0 Å². The normalized spacial score (nSPS) is 40.5. The molecule has 2 unspecified atom stereocenters.